The van der Waals surface area contributed by atoms with Crippen LogP contribution in [0.25, 0.3) is 11.0 Å². The molecule has 0 radical (unpaired) electrons. The maximum Gasteiger partial charge on any atom is 0.341 e. The summed E-state index contributed by atoms with van der Waals surface area (Å²) in [5.74, 6) is 0.796. The first kappa shape index (κ1) is 18.1. The summed E-state index contributed by atoms with van der Waals surface area (Å²) in [6.07, 6.45) is 0. The van der Waals surface area contributed by atoms with Gasteiger partial charge in [-0.15, -0.1) is 0 Å². The summed E-state index contributed by atoms with van der Waals surface area (Å²) in [6.45, 7) is -0.467. The Labute approximate surface area is 149 Å². The SMILES string of the molecule is COC(=O)c1cc(CN(C)Cc2nc3ccccc3n2C(F)F)oc1C. The van der Waals surface area contributed by atoms with Gasteiger partial charge in [0.2, 0.25) is 0 Å². The highest BCUT2D eigenvalue weighted by atomic mass is 19.3. The first-order chi connectivity index (χ1) is 12.4. The quantitative estimate of drug-likeness (QED) is 0.624. The summed E-state index contributed by atoms with van der Waals surface area (Å²) in [5, 5.41) is 0. The number of alkyl halides is 2. The van der Waals surface area contributed by atoms with Crippen molar-refractivity contribution in [1.29, 1.82) is 0 Å². The highest BCUT2D eigenvalue weighted by Gasteiger charge is 2.20. The summed E-state index contributed by atoms with van der Waals surface area (Å²) < 4.78 is 38.2. The number of rotatable bonds is 6. The van der Waals surface area contributed by atoms with Crippen LogP contribution in [0.3, 0.4) is 0 Å². The van der Waals surface area contributed by atoms with Gasteiger partial charge in [-0.1, -0.05) is 12.1 Å². The Balaban J connectivity index is 1.80. The molecule has 0 amide bonds. The number of aromatic nitrogens is 2. The van der Waals surface area contributed by atoms with E-state index >= 15 is 0 Å². The predicted molar refractivity (Wildman–Crippen MR) is 90.9 cm³/mol. The molecule has 0 spiro atoms. The monoisotopic (exact) mass is 363 g/mol. The molecule has 0 aliphatic carbocycles. The summed E-state index contributed by atoms with van der Waals surface area (Å²) in [6, 6.07) is 8.40. The summed E-state index contributed by atoms with van der Waals surface area (Å²) >= 11 is 0. The molecule has 0 fully saturated rings. The third-order valence-electron chi connectivity index (χ3n) is 4.08. The van der Waals surface area contributed by atoms with E-state index in [1.807, 2.05) is 0 Å². The molecule has 0 aliphatic rings. The number of hydrogen-bond acceptors (Lipinski definition) is 5. The molecule has 8 heteroatoms. The van der Waals surface area contributed by atoms with Gasteiger partial charge in [-0.2, -0.15) is 8.78 Å². The van der Waals surface area contributed by atoms with Crippen molar-refractivity contribution in [2.24, 2.45) is 0 Å². The van der Waals surface area contributed by atoms with E-state index in [-0.39, 0.29) is 12.4 Å². The van der Waals surface area contributed by atoms with Crippen LogP contribution in [0.5, 0.6) is 0 Å². The zero-order chi connectivity index (χ0) is 18.8. The Kier molecular flexibility index (Phi) is 5.03. The minimum absolute atomic E-state index is 0.201. The van der Waals surface area contributed by atoms with Gasteiger partial charge in [0.25, 0.3) is 0 Å². The van der Waals surface area contributed by atoms with Gasteiger partial charge in [0.15, 0.2) is 0 Å². The molecule has 6 nitrogen and oxygen atoms in total. The third-order valence-corrected chi connectivity index (χ3v) is 4.08. The van der Waals surface area contributed by atoms with Crippen molar-refractivity contribution in [2.45, 2.75) is 26.6 Å². The normalized spacial score (nSPS) is 11.7. The minimum Gasteiger partial charge on any atom is -0.465 e. The molecule has 138 valence electrons. The Morgan fingerprint density at radius 1 is 1.35 bits per heavy atom. The lowest BCUT2D eigenvalue weighted by molar-refractivity contribution is 0.0598. The van der Waals surface area contributed by atoms with Gasteiger partial charge in [-0.3, -0.25) is 9.47 Å². The molecule has 0 aliphatic heterocycles. The van der Waals surface area contributed by atoms with E-state index in [0.29, 0.717) is 34.7 Å². The van der Waals surface area contributed by atoms with Gasteiger partial charge in [-0.05, 0) is 32.2 Å². The van der Waals surface area contributed by atoms with Gasteiger partial charge in [0.05, 0.1) is 31.2 Å². The highest BCUT2D eigenvalue weighted by molar-refractivity contribution is 5.90. The molecule has 0 saturated heterocycles. The number of furan rings is 1. The summed E-state index contributed by atoms with van der Waals surface area (Å²) in [5.41, 5.74) is 1.28. The Morgan fingerprint density at radius 3 is 2.77 bits per heavy atom. The van der Waals surface area contributed by atoms with Crippen molar-refractivity contribution in [2.75, 3.05) is 14.2 Å². The van der Waals surface area contributed by atoms with E-state index in [9.17, 15) is 13.6 Å². The topological polar surface area (TPSA) is 60.5 Å². The first-order valence-electron chi connectivity index (χ1n) is 8.01. The zero-order valence-electron chi connectivity index (χ0n) is 14.7. The molecular formula is C18H19F2N3O3. The molecule has 3 rings (SSSR count). The number of carbonyl (C=O) groups is 1. The number of carbonyl (C=O) groups excluding carboxylic acids is 1. The van der Waals surface area contributed by atoms with Crippen LogP contribution in [-0.2, 0) is 17.8 Å². The Morgan fingerprint density at radius 2 is 2.08 bits per heavy atom. The molecule has 0 N–H and O–H groups in total. The van der Waals surface area contributed by atoms with Crippen molar-refractivity contribution in [1.82, 2.24) is 14.5 Å². The van der Waals surface area contributed by atoms with Crippen LogP contribution in [0.2, 0.25) is 0 Å². The van der Waals surface area contributed by atoms with Crippen LogP contribution in [0.15, 0.2) is 34.7 Å². The number of para-hydroxylation sites is 2. The van der Waals surface area contributed by atoms with Crippen LogP contribution in [-0.4, -0.2) is 34.6 Å². The molecule has 2 aromatic heterocycles. The van der Waals surface area contributed by atoms with Crippen molar-refractivity contribution in [3.05, 3.63) is 53.2 Å². The number of halogens is 2. The fourth-order valence-corrected chi connectivity index (χ4v) is 2.92. The number of imidazole rings is 1. The maximum absolute atomic E-state index is 13.5. The average molecular weight is 363 g/mol. The predicted octanol–water partition coefficient (Wildman–Crippen LogP) is 3.75. The van der Waals surface area contributed by atoms with Gasteiger partial charge >= 0.3 is 12.5 Å². The van der Waals surface area contributed by atoms with Gasteiger partial charge in [0.1, 0.15) is 22.9 Å². The van der Waals surface area contributed by atoms with Crippen LogP contribution < -0.4 is 0 Å². The van der Waals surface area contributed by atoms with Crippen LogP contribution in [0.4, 0.5) is 8.78 Å². The number of nitrogens with zero attached hydrogens (tertiary/aromatic N) is 3. The number of esters is 1. The minimum atomic E-state index is -2.68. The number of methoxy groups -OCH3 is 1. The second kappa shape index (κ2) is 7.25. The zero-order valence-corrected chi connectivity index (χ0v) is 14.7. The Bertz CT molecular complexity index is 933. The number of benzene rings is 1. The van der Waals surface area contributed by atoms with Crippen LogP contribution in [0.1, 0.15) is 34.3 Å². The molecule has 0 atom stereocenters. The van der Waals surface area contributed by atoms with Gasteiger partial charge in [0, 0.05) is 0 Å². The van der Waals surface area contributed by atoms with E-state index in [2.05, 4.69) is 4.98 Å². The molecule has 26 heavy (non-hydrogen) atoms. The number of hydrogen-bond donors (Lipinski definition) is 0. The van der Waals surface area contributed by atoms with Crippen molar-refractivity contribution >= 4 is 17.0 Å². The summed E-state index contributed by atoms with van der Waals surface area (Å²) in [4.78, 5) is 17.8. The molecule has 0 saturated carbocycles. The fraction of sp³-hybridized carbons (Fsp3) is 0.333. The van der Waals surface area contributed by atoms with Crippen molar-refractivity contribution in [3.63, 3.8) is 0 Å². The first-order valence-corrected chi connectivity index (χ1v) is 8.01. The molecule has 0 bridgehead atoms. The van der Waals surface area contributed by atoms with Crippen molar-refractivity contribution in [3.8, 4) is 0 Å². The molecule has 0 unspecified atom stereocenters. The summed E-state index contributed by atoms with van der Waals surface area (Å²) in [7, 11) is 3.07. The van der Waals surface area contributed by atoms with E-state index in [0.717, 1.165) is 4.57 Å². The number of ether oxygens (including phenoxy) is 1. The lowest BCUT2D eigenvalue weighted by Crippen LogP contribution is -2.20. The standard InChI is InChI=1S/C18H19F2N3O3/c1-11-13(17(24)25-3)8-12(26-11)9-22(2)10-16-21-14-6-4-5-7-15(14)23(16)18(19)20/h4-8,18H,9-10H2,1-3H3. The van der Waals surface area contributed by atoms with Crippen LogP contribution in [0, 0.1) is 6.92 Å². The fourth-order valence-electron chi connectivity index (χ4n) is 2.92. The Hall–Kier alpha value is -2.74. The molecular weight excluding hydrogens is 344 g/mol. The van der Waals surface area contributed by atoms with Gasteiger partial charge < -0.3 is 9.15 Å². The van der Waals surface area contributed by atoms with E-state index in [1.165, 1.54) is 7.11 Å². The molecule has 3 aromatic rings. The van der Waals surface area contributed by atoms with Gasteiger partial charge in [-0.25, -0.2) is 9.78 Å². The lowest BCUT2D eigenvalue weighted by atomic mass is 10.2. The van der Waals surface area contributed by atoms with E-state index in [4.69, 9.17) is 9.15 Å². The smallest absolute Gasteiger partial charge is 0.341 e. The highest BCUT2D eigenvalue weighted by Crippen LogP contribution is 2.24. The average Bonchev–Trinajstić information content (AvgIpc) is 3.13. The third kappa shape index (κ3) is 3.45. The second-order valence-electron chi connectivity index (χ2n) is 6.01. The maximum atomic E-state index is 13.5. The van der Waals surface area contributed by atoms with E-state index < -0.39 is 12.5 Å². The van der Waals surface area contributed by atoms with Crippen molar-refractivity contribution < 1.29 is 22.7 Å². The van der Waals surface area contributed by atoms with E-state index in [1.54, 1.807) is 49.2 Å². The lowest BCUT2D eigenvalue weighted by Gasteiger charge is -2.16. The number of aryl methyl sites for hydroxylation is 1. The number of fused-ring (bicyclic) bond motifs is 1. The molecule has 2 heterocycles. The van der Waals surface area contributed by atoms with Crippen LogP contribution >= 0.6 is 0 Å². The second-order valence-corrected chi connectivity index (χ2v) is 6.01. The largest absolute Gasteiger partial charge is 0.465 e. The molecule has 1 aromatic carbocycles.